The number of allylic oxidation sites excluding steroid dienone is 5. The molecule has 1 aromatic carbocycles. The van der Waals surface area contributed by atoms with Gasteiger partial charge in [-0.2, -0.15) is 5.10 Å². The summed E-state index contributed by atoms with van der Waals surface area (Å²) in [6.07, 6.45) is 8.47. The smallest absolute Gasteiger partial charge is 0.164 e. The molecule has 0 aliphatic heterocycles. The quantitative estimate of drug-likeness (QED) is 0.404. The summed E-state index contributed by atoms with van der Waals surface area (Å²) in [6, 6.07) is 11.8. The third-order valence-corrected chi connectivity index (χ3v) is 4.61. The van der Waals surface area contributed by atoms with Gasteiger partial charge in [-0.1, -0.05) is 36.9 Å². The number of aromatic nitrogens is 1. The molecule has 0 spiro atoms. The number of Topliss-reactive ketones (excluding diaryl/α,β-unsaturated/α-hetero) is 1. The van der Waals surface area contributed by atoms with Crippen molar-refractivity contribution in [3.63, 3.8) is 0 Å². The molecule has 2 aromatic rings. The molecular formula is C23H25N3O. The number of aromatic amines is 1. The van der Waals surface area contributed by atoms with E-state index in [4.69, 9.17) is 0 Å². The van der Waals surface area contributed by atoms with Crippen LogP contribution < -0.4 is 5.43 Å². The lowest BCUT2D eigenvalue weighted by Crippen LogP contribution is -2.08. The summed E-state index contributed by atoms with van der Waals surface area (Å²) in [5.41, 5.74) is 9.38. The van der Waals surface area contributed by atoms with Crippen LogP contribution in [0.2, 0.25) is 0 Å². The summed E-state index contributed by atoms with van der Waals surface area (Å²) in [7, 11) is 0. The van der Waals surface area contributed by atoms with Crippen molar-refractivity contribution in [2.24, 2.45) is 5.10 Å². The molecule has 138 valence electrons. The molecule has 2 N–H and O–H groups in total. The largest absolute Gasteiger partial charge is 0.358 e. The van der Waals surface area contributed by atoms with Crippen molar-refractivity contribution in [3.05, 3.63) is 83.7 Å². The van der Waals surface area contributed by atoms with Crippen LogP contribution in [0.5, 0.6) is 0 Å². The van der Waals surface area contributed by atoms with Crippen LogP contribution in [0.3, 0.4) is 0 Å². The zero-order valence-corrected chi connectivity index (χ0v) is 15.9. The predicted octanol–water partition coefficient (Wildman–Crippen LogP) is 5.54. The Bertz CT molecular complexity index is 930. The van der Waals surface area contributed by atoms with Crippen molar-refractivity contribution < 1.29 is 4.79 Å². The van der Waals surface area contributed by atoms with Gasteiger partial charge >= 0.3 is 0 Å². The Morgan fingerprint density at radius 2 is 2.04 bits per heavy atom. The fourth-order valence-corrected chi connectivity index (χ4v) is 3.08. The topological polar surface area (TPSA) is 57.2 Å². The molecule has 27 heavy (non-hydrogen) atoms. The number of hydrazone groups is 1. The van der Waals surface area contributed by atoms with Crippen LogP contribution in [0.15, 0.2) is 71.9 Å². The zero-order chi connectivity index (χ0) is 19.2. The number of hydrogen-bond donors (Lipinski definition) is 2. The average Bonchev–Trinajstić information content (AvgIpc) is 3.12. The number of benzene rings is 1. The number of para-hydroxylation sites is 1. The molecule has 1 aromatic heterocycles. The Labute approximate surface area is 160 Å². The second-order valence-electron chi connectivity index (χ2n) is 6.65. The van der Waals surface area contributed by atoms with E-state index < -0.39 is 0 Å². The van der Waals surface area contributed by atoms with Crippen LogP contribution in [-0.4, -0.2) is 16.5 Å². The first-order valence-electron chi connectivity index (χ1n) is 9.23. The molecule has 3 rings (SSSR count). The average molecular weight is 359 g/mol. The second kappa shape index (κ2) is 8.49. The Morgan fingerprint density at radius 3 is 2.74 bits per heavy atom. The summed E-state index contributed by atoms with van der Waals surface area (Å²) < 4.78 is 0. The van der Waals surface area contributed by atoms with Crippen LogP contribution in [0.25, 0.3) is 5.57 Å². The number of carbonyl (C=O) groups excluding carboxylic acids is 1. The number of aryl methyl sites for hydroxylation is 1. The molecule has 0 radical (unpaired) electrons. The normalized spacial score (nSPS) is 15.1. The summed E-state index contributed by atoms with van der Waals surface area (Å²) in [6.45, 7) is 8.05. The summed E-state index contributed by atoms with van der Waals surface area (Å²) in [5, 5.41) is 4.41. The van der Waals surface area contributed by atoms with Crippen LogP contribution >= 0.6 is 0 Å². The molecule has 1 aliphatic rings. The molecule has 0 saturated carbocycles. The molecule has 0 saturated heterocycles. The molecule has 0 atom stereocenters. The van der Waals surface area contributed by atoms with E-state index in [9.17, 15) is 4.79 Å². The van der Waals surface area contributed by atoms with Gasteiger partial charge in [0.25, 0.3) is 0 Å². The maximum atomic E-state index is 12.1. The minimum atomic E-state index is 0.224. The maximum Gasteiger partial charge on any atom is 0.164 e. The minimum absolute atomic E-state index is 0.224. The molecule has 0 fully saturated rings. The van der Waals surface area contributed by atoms with Crippen molar-refractivity contribution in [2.45, 2.75) is 33.1 Å². The monoisotopic (exact) mass is 359 g/mol. The van der Waals surface area contributed by atoms with Crippen molar-refractivity contribution in [2.75, 3.05) is 5.43 Å². The number of hydrogen-bond acceptors (Lipinski definition) is 3. The fraction of sp³-hybridized carbons (Fsp3) is 0.217. The number of nitrogens with one attached hydrogen (secondary N) is 2. The molecule has 4 heteroatoms. The summed E-state index contributed by atoms with van der Waals surface area (Å²) in [5.74, 6) is 0.224. The van der Waals surface area contributed by atoms with Gasteiger partial charge in [0, 0.05) is 23.4 Å². The summed E-state index contributed by atoms with van der Waals surface area (Å²) in [4.78, 5) is 15.5. The van der Waals surface area contributed by atoms with Crippen molar-refractivity contribution in [3.8, 4) is 0 Å². The fourth-order valence-electron chi connectivity index (χ4n) is 3.08. The van der Waals surface area contributed by atoms with Gasteiger partial charge in [0.1, 0.15) is 0 Å². The third kappa shape index (κ3) is 4.53. The first kappa shape index (κ1) is 18.6. The molecular weight excluding hydrogens is 334 g/mol. The van der Waals surface area contributed by atoms with E-state index in [0.717, 1.165) is 52.3 Å². The molecule has 4 nitrogen and oxygen atoms in total. The summed E-state index contributed by atoms with van der Waals surface area (Å²) >= 11 is 0. The lowest BCUT2D eigenvalue weighted by Gasteiger charge is -2.08. The number of rotatable bonds is 6. The number of ketones is 1. The number of anilines is 1. The zero-order valence-electron chi connectivity index (χ0n) is 15.9. The maximum absolute atomic E-state index is 12.1. The number of H-pyrrole nitrogens is 1. The lowest BCUT2D eigenvalue weighted by molar-refractivity contribution is 0.0972. The van der Waals surface area contributed by atoms with Gasteiger partial charge in [-0.3, -0.25) is 10.2 Å². The highest BCUT2D eigenvalue weighted by Crippen LogP contribution is 2.26. The van der Waals surface area contributed by atoms with Gasteiger partial charge < -0.3 is 4.98 Å². The van der Waals surface area contributed by atoms with Gasteiger partial charge in [0.2, 0.25) is 0 Å². The highest BCUT2D eigenvalue weighted by atomic mass is 16.1. The van der Waals surface area contributed by atoms with Crippen LogP contribution in [0, 0.1) is 0 Å². The Morgan fingerprint density at radius 1 is 1.26 bits per heavy atom. The molecule has 0 bridgehead atoms. The van der Waals surface area contributed by atoms with Gasteiger partial charge in [-0.25, -0.2) is 0 Å². The molecule has 1 aliphatic carbocycles. The standard InChI is InChI=1S/C23H25N3O/c1-4-9-18(22-15-20-21(24-22)12-8-13-23(20)27)14-16(2)17(3)25-26-19-10-6-5-7-11-19/h4-7,9-11,14-15,24,26H,2,8,12-13H2,1,3H3/b9-4-,18-14+,25-17+. The van der Waals surface area contributed by atoms with E-state index in [1.165, 1.54) is 0 Å². The van der Waals surface area contributed by atoms with Crippen molar-refractivity contribution in [1.29, 1.82) is 0 Å². The van der Waals surface area contributed by atoms with Crippen LogP contribution in [0.4, 0.5) is 5.69 Å². The number of carbonyl (C=O) groups is 1. The highest BCUT2D eigenvalue weighted by molar-refractivity contribution is 6.03. The van der Waals surface area contributed by atoms with Gasteiger partial charge in [0.15, 0.2) is 5.78 Å². The van der Waals surface area contributed by atoms with Crippen LogP contribution in [0.1, 0.15) is 48.4 Å². The second-order valence-corrected chi connectivity index (χ2v) is 6.65. The molecule has 1 heterocycles. The minimum Gasteiger partial charge on any atom is -0.358 e. The predicted molar refractivity (Wildman–Crippen MR) is 113 cm³/mol. The SMILES string of the molecule is C=C(/C=C(\C=C/C)c1cc2c([nH]1)CCCC2=O)/C(C)=N/Nc1ccccc1. The van der Waals surface area contributed by atoms with E-state index in [0.29, 0.717) is 6.42 Å². The number of fused-ring (bicyclic) bond motifs is 1. The molecule has 0 amide bonds. The van der Waals surface area contributed by atoms with Gasteiger partial charge in [-0.05, 0) is 62.1 Å². The van der Waals surface area contributed by atoms with Gasteiger partial charge in [-0.15, -0.1) is 0 Å². The Kier molecular flexibility index (Phi) is 5.87. The van der Waals surface area contributed by atoms with E-state index >= 15 is 0 Å². The van der Waals surface area contributed by atoms with Crippen molar-refractivity contribution in [1.82, 2.24) is 4.98 Å². The first-order valence-corrected chi connectivity index (χ1v) is 9.23. The third-order valence-electron chi connectivity index (χ3n) is 4.61. The Hall–Kier alpha value is -3.14. The van der Waals surface area contributed by atoms with Crippen molar-refractivity contribution >= 4 is 22.8 Å². The highest BCUT2D eigenvalue weighted by Gasteiger charge is 2.20. The van der Waals surface area contributed by atoms with E-state index in [1.54, 1.807) is 0 Å². The van der Waals surface area contributed by atoms with E-state index in [2.05, 4.69) is 22.1 Å². The molecule has 0 unspecified atom stereocenters. The van der Waals surface area contributed by atoms with Gasteiger partial charge in [0.05, 0.1) is 11.4 Å². The Balaban J connectivity index is 1.83. The first-order chi connectivity index (χ1) is 13.1. The van der Waals surface area contributed by atoms with E-state index in [1.807, 2.05) is 68.5 Å². The van der Waals surface area contributed by atoms with Crippen LogP contribution in [-0.2, 0) is 6.42 Å². The number of nitrogens with zero attached hydrogens (tertiary/aromatic N) is 1. The van der Waals surface area contributed by atoms with E-state index in [-0.39, 0.29) is 5.78 Å². The lowest BCUT2D eigenvalue weighted by atomic mass is 9.96.